The number of aryl methyl sites for hydroxylation is 1. The summed E-state index contributed by atoms with van der Waals surface area (Å²) < 4.78 is 0. The Bertz CT molecular complexity index is 379. The van der Waals surface area contributed by atoms with Crippen LogP contribution in [0.25, 0.3) is 10.8 Å². The Hall–Kier alpha value is -0.300. The predicted octanol–water partition coefficient (Wildman–Crippen LogP) is 2.50. The molecule has 0 N–H and O–H groups in total. The third-order valence-electron chi connectivity index (χ3n) is 1.90. The first-order valence-corrected chi connectivity index (χ1v) is 3.82. The van der Waals surface area contributed by atoms with E-state index in [1.165, 1.54) is 16.3 Å². The summed E-state index contributed by atoms with van der Waals surface area (Å²) in [5, 5.41) is 2.64. The molecule has 2 aromatic rings. The fourth-order valence-corrected chi connectivity index (χ4v) is 1.31. The minimum atomic E-state index is 0. The van der Waals surface area contributed by atoms with Crippen molar-refractivity contribution in [2.24, 2.45) is 0 Å². The van der Waals surface area contributed by atoms with Crippen molar-refractivity contribution in [3.05, 3.63) is 48.0 Å². The summed E-state index contributed by atoms with van der Waals surface area (Å²) in [4.78, 5) is 0. The van der Waals surface area contributed by atoms with Gasteiger partial charge in [-0.05, 0) is 17.7 Å². The Morgan fingerprint density at radius 3 is 2.25 bits per heavy atom. The quantitative estimate of drug-likeness (QED) is 0.527. The molecule has 0 aromatic heterocycles. The molecule has 0 atom stereocenters. The Morgan fingerprint density at radius 2 is 1.50 bits per heavy atom. The summed E-state index contributed by atoms with van der Waals surface area (Å²) >= 11 is 0. The Morgan fingerprint density at radius 1 is 0.833 bits per heavy atom. The minimum absolute atomic E-state index is 0. The van der Waals surface area contributed by atoms with E-state index in [0.717, 1.165) is 0 Å². The molecule has 1 heteroatoms. The van der Waals surface area contributed by atoms with E-state index >= 15 is 0 Å². The van der Waals surface area contributed by atoms with Crippen LogP contribution in [0.15, 0.2) is 42.5 Å². The van der Waals surface area contributed by atoms with E-state index in [2.05, 4.69) is 49.4 Å². The van der Waals surface area contributed by atoms with Gasteiger partial charge in [-0.2, -0.15) is 0 Å². The monoisotopic (exact) mass is 166 g/mol. The zero-order valence-corrected chi connectivity index (χ0v) is 6.54. The van der Waals surface area contributed by atoms with Crippen molar-refractivity contribution < 1.29 is 0 Å². The molecule has 0 saturated heterocycles. The second kappa shape index (κ2) is 4.08. The predicted molar refractivity (Wildman–Crippen MR) is 55.8 cm³/mol. The van der Waals surface area contributed by atoms with Gasteiger partial charge in [0.1, 0.15) is 0 Å². The van der Waals surface area contributed by atoms with Crippen LogP contribution in [0.4, 0.5) is 0 Å². The van der Waals surface area contributed by atoms with Crippen molar-refractivity contribution in [1.29, 1.82) is 0 Å². The van der Waals surface area contributed by atoms with Crippen molar-refractivity contribution in [3.8, 4) is 0 Å². The molecule has 0 bridgehead atoms. The van der Waals surface area contributed by atoms with E-state index in [4.69, 9.17) is 0 Å². The molecule has 2 aromatic carbocycles. The van der Waals surface area contributed by atoms with Crippen LogP contribution in [0.3, 0.4) is 0 Å². The Kier molecular flexibility index (Phi) is 3.33. The average Bonchev–Trinajstić information content (AvgIpc) is 2.04. The van der Waals surface area contributed by atoms with Gasteiger partial charge in [-0.3, -0.25) is 0 Å². The normalized spacial score (nSPS) is 9.42. The number of hydrogen-bond acceptors (Lipinski definition) is 0. The third kappa shape index (κ3) is 1.89. The number of rotatable bonds is 0. The molecule has 0 fully saturated rings. The molecular formula is C11H11Na. The molecule has 0 radical (unpaired) electrons. The summed E-state index contributed by atoms with van der Waals surface area (Å²) in [5.74, 6) is 0. The zero-order chi connectivity index (χ0) is 7.68. The Labute approximate surface area is 94.9 Å². The summed E-state index contributed by atoms with van der Waals surface area (Å²) in [6, 6.07) is 14.9. The van der Waals surface area contributed by atoms with Crippen LogP contribution in [0.2, 0.25) is 0 Å². The molecule has 0 amide bonds. The topological polar surface area (TPSA) is 0 Å². The summed E-state index contributed by atoms with van der Waals surface area (Å²) in [6.07, 6.45) is 0. The first kappa shape index (κ1) is 9.79. The summed E-state index contributed by atoms with van der Waals surface area (Å²) in [6.45, 7) is 2.12. The standard InChI is InChI=1S/C11H10.Na.H/c1-9-6-7-10-4-2-3-5-11(10)8-9;;/h2-8H,1H3;;. The average molecular weight is 166 g/mol. The van der Waals surface area contributed by atoms with Gasteiger partial charge in [0.05, 0.1) is 0 Å². The second-order valence-corrected chi connectivity index (χ2v) is 2.85. The van der Waals surface area contributed by atoms with Gasteiger partial charge < -0.3 is 0 Å². The van der Waals surface area contributed by atoms with Crippen molar-refractivity contribution in [1.82, 2.24) is 0 Å². The number of fused-ring (bicyclic) bond motifs is 1. The van der Waals surface area contributed by atoms with Gasteiger partial charge in [0, 0.05) is 0 Å². The molecule has 2 rings (SSSR count). The van der Waals surface area contributed by atoms with E-state index in [1.807, 2.05) is 0 Å². The summed E-state index contributed by atoms with van der Waals surface area (Å²) in [5.41, 5.74) is 1.32. The van der Waals surface area contributed by atoms with Gasteiger partial charge in [-0.25, -0.2) is 0 Å². The fraction of sp³-hybridized carbons (Fsp3) is 0.0909. The fourth-order valence-electron chi connectivity index (χ4n) is 1.31. The van der Waals surface area contributed by atoms with Gasteiger partial charge in [-0.15, -0.1) is 0 Å². The molecule has 0 unspecified atom stereocenters. The van der Waals surface area contributed by atoms with E-state index in [-0.39, 0.29) is 29.6 Å². The molecule has 0 nitrogen and oxygen atoms in total. The van der Waals surface area contributed by atoms with Crippen LogP contribution in [0.1, 0.15) is 5.56 Å². The van der Waals surface area contributed by atoms with E-state index in [1.54, 1.807) is 0 Å². The third-order valence-corrected chi connectivity index (χ3v) is 1.90. The van der Waals surface area contributed by atoms with Crippen LogP contribution in [0, 0.1) is 6.92 Å². The van der Waals surface area contributed by atoms with Gasteiger partial charge in [-0.1, -0.05) is 48.0 Å². The van der Waals surface area contributed by atoms with E-state index < -0.39 is 0 Å². The van der Waals surface area contributed by atoms with Crippen LogP contribution in [-0.2, 0) is 0 Å². The molecular weight excluding hydrogens is 155 g/mol. The van der Waals surface area contributed by atoms with Crippen LogP contribution < -0.4 is 0 Å². The van der Waals surface area contributed by atoms with Gasteiger partial charge in [0.25, 0.3) is 0 Å². The van der Waals surface area contributed by atoms with Crippen molar-refractivity contribution in [2.45, 2.75) is 6.92 Å². The van der Waals surface area contributed by atoms with E-state index in [9.17, 15) is 0 Å². The van der Waals surface area contributed by atoms with Crippen LogP contribution >= 0.6 is 0 Å². The van der Waals surface area contributed by atoms with E-state index in [0.29, 0.717) is 0 Å². The van der Waals surface area contributed by atoms with Crippen molar-refractivity contribution in [2.75, 3.05) is 0 Å². The molecule has 0 spiro atoms. The van der Waals surface area contributed by atoms with Crippen molar-refractivity contribution in [3.63, 3.8) is 0 Å². The molecule has 0 aliphatic carbocycles. The zero-order valence-electron chi connectivity index (χ0n) is 6.54. The van der Waals surface area contributed by atoms with Crippen LogP contribution in [-0.4, -0.2) is 29.6 Å². The van der Waals surface area contributed by atoms with Crippen molar-refractivity contribution >= 4 is 40.3 Å². The molecule has 0 aliphatic rings. The summed E-state index contributed by atoms with van der Waals surface area (Å²) in [7, 11) is 0. The van der Waals surface area contributed by atoms with Gasteiger partial charge >= 0.3 is 29.6 Å². The molecule has 0 saturated carbocycles. The molecule has 0 heterocycles. The first-order valence-electron chi connectivity index (χ1n) is 3.82. The second-order valence-electron chi connectivity index (χ2n) is 2.85. The Balaban J connectivity index is 0.000000720. The SMILES string of the molecule is Cc1ccc2ccccc2c1.[NaH]. The van der Waals surface area contributed by atoms with Gasteiger partial charge in [0.15, 0.2) is 0 Å². The maximum absolute atomic E-state index is 2.20. The van der Waals surface area contributed by atoms with Gasteiger partial charge in [0.2, 0.25) is 0 Å². The van der Waals surface area contributed by atoms with Crippen LogP contribution in [0.5, 0.6) is 0 Å². The maximum atomic E-state index is 2.20. The molecule has 56 valence electrons. The molecule has 0 aliphatic heterocycles. The molecule has 12 heavy (non-hydrogen) atoms. The first-order chi connectivity index (χ1) is 5.36. The number of hydrogen-bond donors (Lipinski definition) is 0. The number of benzene rings is 2.